The molecule has 0 saturated carbocycles. The predicted octanol–water partition coefficient (Wildman–Crippen LogP) is 1.91. The number of pyridine rings is 1. The van der Waals surface area contributed by atoms with Gasteiger partial charge in [0, 0.05) is 36.6 Å². The van der Waals surface area contributed by atoms with Crippen LogP contribution in [0.15, 0.2) is 42.7 Å². The van der Waals surface area contributed by atoms with Crippen LogP contribution in [0.2, 0.25) is 0 Å². The van der Waals surface area contributed by atoms with Crippen LogP contribution in [-0.4, -0.2) is 21.8 Å². The molecule has 1 aliphatic rings. The number of non-ortho nitro benzene ring substituents is 1. The number of nitro benzene ring substituents is 1. The summed E-state index contributed by atoms with van der Waals surface area (Å²) in [4.78, 5) is 38.0. The van der Waals surface area contributed by atoms with Gasteiger partial charge in [-0.25, -0.2) is 4.79 Å². The van der Waals surface area contributed by atoms with E-state index in [0.29, 0.717) is 12.1 Å². The predicted molar refractivity (Wildman–Crippen MR) is 82.0 cm³/mol. The van der Waals surface area contributed by atoms with Crippen LogP contribution in [0.25, 0.3) is 0 Å². The van der Waals surface area contributed by atoms with Crippen molar-refractivity contribution < 1.29 is 19.2 Å². The van der Waals surface area contributed by atoms with E-state index in [1.54, 1.807) is 18.5 Å². The van der Waals surface area contributed by atoms with Gasteiger partial charge in [0.05, 0.1) is 16.9 Å². The van der Waals surface area contributed by atoms with Gasteiger partial charge in [-0.05, 0) is 17.7 Å². The van der Waals surface area contributed by atoms with Gasteiger partial charge in [0.25, 0.3) is 5.69 Å². The topological polar surface area (TPSA) is 111 Å². The Hall–Kier alpha value is -3.29. The first-order chi connectivity index (χ1) is 11.5. The van der Waals surface area contributed by atoms with E-state index in [2.05, 4.69) is 10.3 Å². The second-order valence-electron chi connectivity index (χ2n) is 5.26. The highest BCUT2D eigenvalue weighted by molar-refractivity contribution is 5.95. The molecule has 8 nitrogen and oxygen atoms in total. The van der Waals surface area contributed by atoms with E-state index in [4.69, 9.17) is 4.74 Å². The van der Waals surface area contributed by atoms with Gasteiger partial charge < -0.3 is 10.1 Å². The summed E-state index contributed by atoms with van der Waals surface area (Å²) in [5.74, 6) is -0.943. The number of ether oxygens (including phenoxy) is 1. The third kappa shape index (κ3) is 3.22. The number of esters is 1. The molecule has 122 valence electrons. The molecular formula is C16H13N3O5. The lowest BCUT2D eigenvalue weighted by atomic mass is 10.0. The van der Waals surface area contributed by atoms with Gasteiger partial charge >= 0.3 is 5.97 Å². The molecule has 0 radical (unpaired) electrons. The van der Waals surface area contributed by atoms with Gasteiger partial charge in [0.15, 0.2) is 0 Å². The van der Waals surface area contributed by atoms with Gasteiger partial charge in [-0.1, -0.05) is 6.07 Å². The quantitative estimate of drug-likeness (QED) is 0.510. The molecule has 1 aromatic heterocycles. The van der Waals surface area contributed by atoms with Crippen molar-refractivity contribution in [2.45, 2.75) is 19.1 Å². The molecule has 0 bridgehead atoms. The van der Waals surface area contributed by atoms with Crippen LogP contribution in [0.4, 0.5) is 5.69 Å². The van der Waals surface area contributed by atoms with Gasteiger partial charge in [0.2, 0.25) is 5.91 Å². The summed E-state index contributed by atoms with van der Waals surface area (Å²) < 4.78 is 5.15. The summed E-state index contributed by atoms with van der Waals surface area (Å²) in [5.41, 5.74) is 1.29. The Balaban J connectivity index is 1.66. The number of carbonyl (C=O) groups is 2. The van der Waals surface area contributed by atoms with Crippen molar-refractivity contribution >= 4 is 17.6 Å². The molecule has 2 aromatic rings. The summed E-state index contributed by atoms with van der Waals surface area (Å²) in [5, 5.41) is 13.5. The number of carbonyl (C=O) groups excluding carboxylic acids is 2. The molecule has 1 aromatic carbocycles. The second kappa shape index (κ2) is 6.45. The molecule has 0 aliphatic carbocycles. The van der Waals surface area contributed by atoms with Crippen LogP contribution in [0, 0.1) is 10.1 Å². The fourth-order valence-electron chi connectivity index (χ4n) is 2.47. The van der Waals surface area contributed by atoms with Gasteiger partial charge in [-0.2, -0.15) is 0 Å². The Morgan fingerprint density at radius 3 is 2.92 bits per heavy atom. The van der Waals surface area contributed by atoms with Crippen molar-refractivity contribution in [1.29, 1.82) is 0 Å². The molecule has 1 atom stereocenters. The number of nitro groups is 1. The summed E-state index contributed by atoms with van der Waals surface area (Å²) in [6, 6.07) is 7.52. The normalized spacial score (nSPS) is 15.5. The van der Waals surface area contributed by atoms with Gasteiger partial charge in [0.1, 0.15) is 6.10 Å². The number of nitrogens with zero attached hydrogens (tertiary/aromatic N) is 2. The molecule has 0 fully saturated rings. The molecule has 8 heteroatoms. The molecule has 2 heterocycles. The van der Waals surface area contributed by atoms with Crippen molar-refractivity contribution in [1.82, 2.24) is 10.3 Å². The third-order valence-electron chi connectivity index (χ3n) is 3.65. The maximum absolute atomic E-state index is 12.0. The Labute approximate surface area is 136 Å². The minimum absolute atomic E-state index is 0.0448. The number of rotatable bonds is 5. The molecule has 0 spiro atoms. The minimum atomic E-state index is -0.734. The molecule has 1 amide bonds. The largest absolute Gasteiger partial charge is 0.453 e. The van der Waals surface area contributed by atoms with Crippen LogP contribution < -0.4 is 5.32 Å². The number of hydrogen-bond acceptors (Lipinski definition) is 6. The maximum Gasteiger partial charge on any atom is 0.339 e. The van der Waals surface area contributed by atoms with Crippen molar-refractivity contribution in [2.75, 3.05) is 0 Å². The molecular weight excluding hydrogens is 314 g/mol. The summed E-state index contributed by atoms with van der Waals surface area (Å²) in [7, 11) is 0. The zero-order chi connectivity index (χ0) is 17.1. The van der Waals surface area contributed by atoms with E-state index in [-0.39, 0.29) is 23.6 Å². The SMILES string of the molecule is O=C(C[C@@H]1OC(=O)c2cc([N+](=O)[O-])ccc21)NCc1cccnc1. The summed E-state index contributed by atoms with van der Waals surface area (Å²) in [6.45, 7) is 0.320. The number of nitrogens with one attached hydrogen (secondary N) is 1. The van der Waals surface area contributed by atoms with Gasteiger partial charge in [-0.3, -0.25) is 19.9 Å². The highest BCUT2D eigenvalue weighted by atomic mass is 16.6. The number of benzene rings is 1. The average Bonchev–Trinajstić information content (AvgIpc) is 2.89. The van der Waals surface area contributed by atoms with Crippen LogP contribution in [0.5, 0.6) is 0 Å². The minimum Gasteiger partial charge on any atom is -0.453 e. The molecule has 0 saturated heterocycles. The number of hydrogen-bond donors (Lipinski definition) is 1. The standard InChI is InChI=1S/C16H13N3O5/c20-15(18-9-10-2-1-5-17-8-10)7-14-12-4-3-11(19(22)23)6-13(12)16(21)24-14/h1-6,8,14H,7,9H2,(H,18,20)/t14-/m0/s1. The molecule has 1 aliphatic heterocycles. The zero-order valence-corrected chi connectivity index (χ0v) is 12.5. The van der Waals surface area contributed by atoms with E-state index >= 15 is 0 Å². The van der Waals surface area contributed by atoms with Crippen LogP contribution >= 0.6 is 0 Å². The van der Waals surface area contributed by atoms with E-state index in [1.165, 1.54) is 18.2 Å². The highest BCUT2D eigenvalue weighted by Crippen LogP contribution is 2.34. The number of fused-ring (bicyclic) bond motifs is 1. The molecule has 0 unspecified atom stereocenters. The first-order valence-corrected chi connectivity index (χ1v) is 7.19. The number of amides is 1. The van der Waals surface area contributed by atoms with Crippen molar-refractivity contribution in [2.24, 2.45) is 0 Å². The van der Waals surface area contributed by atoms with Gasteiger partial charge in [-0.15, -0.1) is 0 Å². The molecule has 3 rings (SSSR count). The maximum atomic E-state index is 12.0. The highest BCUT2D eigenvalue weighted by Gasteiger charge is 2.33. The molecule has 1 N–H and O–H groups in total. The summed E-state index contributed by atoms with van der Waals surface area (Å²) >= 11 is 0. The van der Waals surface area contributed by atoms with Crippen LogP contribution in [-0.2, 0) is 16.1 Å². The average molecular weight is 327 g/mol. The van der Waals surface area contributed by atoms with E-state index in [0.717, 1.165) is 5.56 Å². The van der Waals surface area contributed by atoms with Crippen LogP contribution in [0.1, 0.15) is 34.0 Å². The van der Waals surface area contributed by atoms with Crippen molar-refractivity contribution in [3.63, 3.8) is 0 Å². The van der Waals surface area contributed by atoms with E-state index in [1.807, 2.05) is 6.07 Å². The summed E-state index contributed by atoms with van der Waals surface area (Å²) in [6.07, 6.45) is 2.50. The second-order valence-corrected chi connectivity index (χ2v) is 5.26. The van der Waals surface area contributed by atoms with E-state index < -0.39 is 17.0 Å². The Bertz CT molecular complexity index is 807. The number of aromatic nitrogens is 1. The zero-order valence-electron chi connectivity index (χ0n) is 12.5. The monoisotopic (exact) mass is 327 g/mol. The first-order valence-electron chi connectivity index (χ1n) is 7.19. The van der Waals surface area contributed by atoms with Crippen LogP contribution in [0.3, 0.4) is 0 Å². The Kier molecular flexibility index (Phi) is 4.19. The number of cyclic esters (lactones) is 1. The van der Waals surface area contributed by atoms with E-state index in [9.17, 15) is 19.7 Å². The lowest BCUT2D eigenvalue weighted by molar-refractivity contribution is -0.384. The first kappa shape index (κ1) is 15.6. The smallest absolute Gasteiger partial charge is 0.339 e. The lowest BCUT2D eigenvalue weighted by Crippen LogP contribution is -2.24. The molecule has 24 heavy (non-hydrogen) atoms. The van der Waals surface area contributed by atoms with Crippen molar-refractivity contribution in [3.05, 3.63) is 69.5 Å². The Morgan fingerprint density at radius 2 is 2.21 bits per heavy atom. The lowest BCUT2D eigenvalue weighted by Gasteiger charge is -2.11. The fourth-order valence-corrected chi connectivity index (χ4v) is 2.47. The van der Waals surface area contributed by atoms with Crippen molar-refractivity contribution in [3.8, 4) is 0 Å². The fraction of sp³-hybridized carbons (Fsp3) is 0.188. The Morgan fingerprint density at radius 1 is 1.38 bits per heavy atom. The third-order valence-corrected chi connectivity index (χ3v) is 3.65.